The van der Waals surface area contributed by atoms with E-state index in [-0.39, 0.29) is 6.04 Å². The van der Waals surface area contributed by atoms with Crippen LogP contribution in [0.1, 0.15) is 109 Å². The molecule has 5 aliphatic rings. The Labute approximate surface area is 253 Å². The van der Waals surface area contributed by atoms with Gasteiger partial charge in [0.15, 0.2) is 0 Å². The van der Waals surface area contributed by atoms with Gasteiger partial charge in [0.05, 0.1) is 16.8 Å². The smallest absolute Gasteiger partial charge is 0.0726 e. The fourth-order valence-electron chi connectivity index (χ4n) is 8.01. The zero-order valence-corrected chi connectivity index (χ0v) is 26.4. The lowest BCUT2D eigenvalue weighted by atomic mass is 9.85. The van der Waals surface area contributed by atoms with E-state index in [0.29, 0.717) is 35.6 Å². The summed E-state index contributed by atoms with van der Waals surface area (Å²) in [6.45, 7) is 10.6. The number of aromatic nitrogens is 1. The Balaban J connectivity index is 1.21. The molecule has 6 rings (SSSR count). The molecular formula is C36H50N4S. The van der Waals surface area contributed by atoms with Gasteiger partial charge in [0, 0.05) is 53.2 Å². The quantitative estimate of drug-likeness (QED) is 0.220. The van der Waals surface area contributed by atoms with Gasteiger partial charge in [0.2, 0.25) is 0 Å². The highest BCUT2D eigenvalue weighted by molar-refractivity contribution is 8.17. The fraction of sp³-hybridized carbons (Fsp3) is 0.667. The minimum absolute atomic E-state index is 0.285. The Morgan fingerprint density at radius 3 is 2.83 bits per heavy atom. The van der Waals surface area contributed by atoms with Gasteiger partial charge in [-0.2, -0.15) is 0 Å². The van der Waals surface area contributed by atoms with Gasteiger partial charge in [-0.05, 0) is 88.4 Å². The minimum Gasteiger partial charge on any atom is -0.300 e. The number of rotatable bonds is 9. The summed E-state index contributed by atoms with van der Waals surface area (Å²) in [7, 11) is 0. The van der Waals surface area contributed by atoms with E-state index in [9.17, 15) is 0 Å². The van der Waals surface area contributed by atoms with Crippen molar-refractivity contribution in [1.29, 1.82) is 0 Å². The lowest BCUT2D eigenvalue weighted by Gasteiger charge is -2.34. The van der Waals surface area contributed by atoms with Gasteiger partial charge in [0.1, 0.15) is 0 Å². The fourth-order valence-corrected chi connectivity index (χ4v) is 9.37. The van der Waals surface area contributed by atoms with Crippen LogP contribution in [0.2, 0.25) is 0 Å². The first-order valence-electron chi connectivity index (χ1n) is 16.7. The number of hydrogen-bond acceptors (Lipinski definition) is 5. The zero-order chi connectivity index (χ0) is 28.2. The number of piperidine rings is 1. The van der Waals surface area contributed by atoms with Crippen molar-refractivity contribution in [3.63, 3.8) is 0 Å². The number of nitrogens with zero attached hydrogens (tertiary/aromatic N) is 4. The lowest BCUT2D eigenvalue weighted by molar-refractivity contribution is 0.147. The lowest BCUT2D eigenvalue weighted by Crippen LogP contribution is -2.39. The Bertz CT molecular complexity index is 1220. The number of hydrogen-bond donors (Lipinski definition) is 0. The first-order chi connectivity index (χ1) is 20.1. The summed E-state index contributed by atoms with van der Waals surface area (Å²) < 4.78 is 0. The van der Waals surface area contributed by atoms with Crippen LogP contribution in [0.4, 0.5) is 0 Å². The summed E-state index contributed by atoms with van der Waals surface area (Å²) in [6.07, 6.45) is 22.9. The van der Waals surface area contributed by atoms with Gasteiger partial charge in [0.25, 0.3) is 0 Å². The number of unbranched alkanes of at least 4 members (excludes halogenated alkanes) is 2. The molecule has 2 aliphatic carbocycles. The van der Waals surface area contributed by atoms with Crippen molar-refractivity contribution in [3.05, 3.63) is 51.9 Å². The molecule has 0 amide bonds. The minimum atomic E-state index is 0.285. The van der Waals surface area contributed by atoms with Gasteiger partial charge in [-0.25, -0.2) is 0 Å². The molecule has 1 aromatic rings. The molecule has 0 N–H and O–H groups in total. The second-order valence-electron chi connectivity index (χ2n) is 13.2. The molecule has 3 aliphatic heterocycles. The van der Waals surface area contributed by atoms with Crippen LogP contribution in [0.3, 0.4) is 0 Å². The highest BCUT2D eigenvalue weighted by atomic mass is 32.2. The molecule has 4 heterocycles. The summed E-state index contributed by atoms with van der Waals surface area (Å²) in [5.41, 5.74) is 7.87. The molecule has 1 saturated carbocycles. The summed E-state index contributed by atoms with van der Waals surface area (Å²) in [6, 6.07) is 5.27. The summed E-state index contributed by atoms with van der Waals surface area (Å²) >= 11 is 1.95. The molecule has 2 saturated heterocycles. The van der Waals surface area contributed by atoms with Crippen LogP contribution in [0, 0.1) is 23.7 Å². The number of pyridine rings is 1. The van der Waals surface area contributed by atoms with E-state index in [2.05, 4.69) is 61.9 Å². The predicted octanol–water partition coefficient (Wildman–Crippen LogP) is 8.71. The number of fused-ring (bicyclic) bond motifs is 4. The van der Waals surface area contributed by atoms with E-state index in [1.54, 1.807) is 0 Å². The maximum Gasteiger partial charge on any atom is 0.0726 e. The summed E-state index contributed by atoms with van der Waals surface area (Å²) in [5.74, 6) is 2.61. The maximum atomic E-state index is 5.31. The van der Waals surface area contributed by atoms with Crippen LogP contribution in [0.15, 0.2) is 50.6 Å². The Kier molecular flexibility index (Phi) is 9.65. The van der Waals surface area contributed by atoms with Crippen LogP contribution >= 0.6 is 11.8 Å². The Morgan fingerprint density at radius 1 is 1.10 bits per heavy atom. The van der Waals surface area contributed by atoms with Crippen LogP contribution in [0.25, 0.3) is 6.08 Å². The molecule has 7 unspecified atom stereocenters. The third-order valence-corrected chi connectivity index (χ3v) is 11.6. The topological polar surface area (TPSA) is 40.9 Å². The average Bonchev–Trinajstić information content (AvgIpc) is 3.77. The summed E-state index contributed by atoms with van der Waals surface area (Å²) in [4.78, 5) is 19.5. The van der Waals surface area contributed by atoms with Crippen molar-refractivity contribution in [2.24, 2.45) is 33.7 Å². The van der Waals surface area contributed by atoms with Crippen molar-refractivity contribution in [2.45, 2.75) is 109 Å². The SMILES string of the molecule is CCCCCC(CCN=C1CCC(C)C2C(=C=C(C3C4CC=Cc5cccnc5C43)C=NC2C)S1)N1CCCCC1. The molecule has 4 nitrogen and oxygen atoms in total. The maximum absolute atomic E-state index is 5.31. The Morgan fingerprint density at radius 2 is 1.98 bits per heavy atom. The predicted molar refractivity (Wildman–Crippen MR) is 176 cm³/mol. The van der Waals surface area contributed by atoms with Gasteiger partial charge >= 0.3 is 0 Å². The molecule has 7 atom stereocenters. The highest BCUT2D eigenvalue weighted by Crippen LogP contribution is 2.61. The number of allylic oxidation sites excluding steroid dienone is 1. The number of thioether (sulfide) groups is 1. The molecule has 3 fully saturated rings. The van der Waals surface area contributed by atoms with Gasteiger partial charge in [-0.1, -0.05) is 69.5 Å². The molecule has 0 aromatic carbocycles. The largest absolute Gasteiger partial charge is 0.300 e. The first-order valence-corrected chi connectivity index (χ1v) is 17.6. The third-order valence-electron chi connectivity index (χ3n) is 10.4. The monoisotopic (exact) mass is 570 g/mol. The van der Waals surface area contributed by atoms with E-state index in [0.717, 1.165) is 19.4 Å². The van der Waals surface area contributed by atoms with E-state index in [4.69, 9.17) is 15.0 Å². The van der Waals surface area contributed by atoms with E-state index in [1.807, 2.05) is 18.0 Å². The number of aliphatic imine (C=N–C) groups is 2. The molecule has 0 spiro atoms. The van der Waals surface area contributed by atoms with Gasteiger partial charge in [-0.15, -0.1) is 5.73 Å². The van der Waals surface area contributed by atoms with Crippen molar-refractivity contribution in [3.8, 4) is 0 Å². The van der Waals surface area contributed by atoms with Crippen LogP contribution in [-0.2, 0) is 0 Å². The van der Waals surface area contributed by atoms with Gasteiger partial charge < -0.3 is 4.90 Å². The van der Waals surface area contributed by atoms with Crippen LogP contribution in [-0.4, -0.2) is 52.9 Å². The van der Waals surface area contributed by atoms with Crippen molar-refractivity contribution >= 4 is 29.1 Å². The van der Waals surface area contributed by atoms with Crippen LogP contribution in [0.5, 0.6) is 0 Å². The number of likely N-dealkylation sites (tertiary alicyclic amines) is 1. The molecule has 0 radical (unpaired) electrons. The highest BCUT2D eigenvalue weighted by Gasteiger charge is 2.54. The normalized spacial score (nSPS) is 33.0. The Hall–Kier alpha value is -1.94. The third kappa shape index (κ3) is 6.68. The molecule has 5 heteroatoms. The molecular weight excluding hydrogens is 520 g/mol. The van der Waals surface area contributed by atoms with E-state index < -0.39 is 0 Å². The molecule has 1 aromatic heterocycles. The van der Waals surface area contributed by atoms with E-state index >= 15 is 0 Å². The molecule has 220 valence electrons. The van der Waals surface area contributed by atoms with Crippen molar-refractivity contribution < 1.29 is 0 Å². The van der Waals surface area contributed by atoms with Crippen molar-refractivity contribution in [1.82, 2.24) is 9.88 Å². The average molecular weight is 571 g/mol. The molecule has 0 bridgehead atoms. The first kappa shape index (κ1) is 29.1. The standard InChI is InChI=1S/C36H50N4S/c1-4-5-7-14-29(40-21-8-6-9-22-40)18-20-37-32-17-16-25(2)33-26(3)39-24-28(23-31(33)41-32)34-30-15-10-12-27-13-11-19-38-36(27)35(30)34/h10-13,19,24-26,29-30,33-35H,4-9,14-18,20-22H2,1-3H3. The van der Waals surface area contributed by atoms with Crippen molar-refractivity contribution in [2.75, 3.05) is 19.6 Å². The zero-order valence-electron chi connectivity index (χ0n) is 25.6. The second kappa shape index (κ2) is 13.6. The van der Waals surface area contributed by atoms with Gasteiger partial charge in [-0.3, -0.25) is 15.0 Å². The van der Waals surface area contributed by atoms with E-state index in [1.165, 1.54) is 97.7 Å². The van der Waals surface area contributed by atoms with Crippen LogP contribution < -0.4 is 0 Å². The summed E-state index contributed by atoms with van der Waals surface area (Å²) in [5, 5.41) is 1.33. The second-order valence-corrected chi connectivity index (χ2v) is 14.4. The molecule has 41 heavy (non-hydrogen) atoms.